The Morgan fingerprint density at radius 1 is 1.17 bits per heavy atom. The average Bonchev–Trinajstić information content (AvgIpc) is 2.66. The van der Waals surface area contributed by atoms with Crippen LogP contribution in [0.15, 0.2) is 24.3 Å². The molecule has 30 heavy (non-hydrogen) atoms. The number of aromatic nitrogens is 2. The fraction of sp³-hybridized carbons (Fsp3) is 0.455. The zero-order valence-corrected chi connectivity index (χ0v) is 17.7. The van der Waals surface area contributed by atoms with E-state index >= 15 is 0 Å². The Kier molecular flexibility index (Phi) is 7.10. The maximum atomic E-state index is 14.1. The van der Waals surface area contributed by atoms with Crippen LogP contribution in [0.2, 0.25) is 0 Å². The number of piperidine rings is 1. The van der Waals surface area contributed by atoms with Gasteiger partial charge in [0.25, 0.3) is 5.91 Å². The summed E-state index contributed by atoms with van der Waals surface area (Å²) in [5.74, 6) is -0.617. The summed E-state index contributed by atoms with van der Waals surface area (Å²) in [5.41, 5.74) is 2.19. The van der Waals surface area contributed by atoms with Crippen LogP contribution in [0.3, 0.4) is 0 Å². The van der Waals surface area contributed by atoms with E-state index in [1.54, 1.807) is 0 Å². The zero-order valence-electron chi connectivity index (χ0n) is 17.7. The Morgan fingerprint density at radius 3 is 2.60 bits per heavy atom. The van der Waals surface area contributed by atoms with Crippen molar-refractivity contribution < 1.29 is 14.0 Å². The number of hydrogen-bond acceptors (Lipinski definition) is 5. The fourth-order valence-electron chi connectivity index (χ4n) is 3.72. The van der Waals surface area contributed by atoms with E-state index in [1.165, 1.54) is 12.1 Å². The van der Waals surface area contributed by atoms with Crippen LogP contribution in [0, 0.1) is 25.6 Å². The maximum absolute atomic E-state index is 14.1. The zero-order chi connectivity index (χ0) is 21.7. The summed E-state index contributed by atoms with van der Waals surface area (Å²) >= 11 is 0. The molecule has 2 heterocycles. The van der Waals surface area contributed by atoms with Gasteiger partial charge in [0.05, 0.1) is 5.92 Å². The van der Waals surface area contributed by atoms with Crippen LogP contribution in [0.5, 0.6) is 0 Å². The molecule has 2 N–H and O–H groups in total. The van der Waals surface area contributed by atoms with Crippen LogP contribution < -0.4 is 10.6 Å². The summed E-state index contributed by atoms with van der Waals surface area (Å²) in [7, 11) is 1.98. The number of benzene rings is 1. The lowest BCUT2D eigenvalue weighted by Crippen LogP contribution is -2.38. The summed E-state index contributed by atoms with van der Waals surface area (Å²) in [6.45, 7) is 5.76. The number of halogens is 1. The van der Waals surface area contributed by atoms with Crippen LogP contribution in [-0.4, -0.2) is 53.4 Å². The first-order valence-corrected chi connectivity index (χ1v) is 10.2. The molecule has 0 spiro atoms. The third kappa shape index (κ3) is 6.06. The maximum Gasteiger partial charge on any atom is 0.251 e. The first-order valence-electron chi connectivity index (χ1n) is 10.2. The third-order valence-corrected chi connectivity index (χ3v) is 5.09. The SMILES string of the molecule is Cc1cc(C)nc(CCNC(=O)c2cc(F)cc(NC(=O)C3CCCN(C)C3)c2)n1. The van der Waals surface area contributed by atoms with Gasteiger partial charge in [0.2, 0.25) is 5.91 Å². The van der Waals surface area contributed by atoms with Crippen LogP contribution in [0.4, 0.5) is 10.1 Å². The van der Waals surface area contributed by atoms with Gasteiger partial charge in [-0.05, 0) is 64.5 Å². The molecule has 2 aromatic rings. The smallest absolute Gasteiger partial charge is 0.251 e. The van der Waals surface area contributed by atoms with Crippen molar-refractivity contribution in [3.05, 3.63) is 52.9 Å². The number of nitrogens with zero attached hydrogens (tertiary/aromatic N) is 3. The second kappa shape index (κ2) is 9.75. The second-order valence-corrected chi connectivity index (χ2v) is 7.89. The van der Waals surface area contributed by atoms with E-state index in [2.05, 4.69) is 25.5 Å². The minimum Gasteiger partial charge on any atom is -0.352 e. The van der Waals surface area contributed by atoms with Gasteiger partial charge >= 0.3 is 0 Å². The lowest BCUT2D eigenvalue weighted by Gasteiger charge is -2.28. The van der Waals surface area contributed by atoms with Crippen molar-refractivity contribution in [1.82, 2.24) is 20.2 Å². The number of anilines is 1. The molecule has 160 valence electrons. The van der Waals surface area contributed by atoms with Gasteiger partial charge in [-0.25, -0.2) is 14.4 Å². The molecule has 1 fully saturated rings. The van der Waals surface area contributed by atoms with Crippen molar-refractivity contribution in [3.63, 3.8) is 0 Å². The second-order valence-electron chi connectivity index (χ2n) is 7.89. The molecule has 1 atom stereocenters. The highest BCUT2D eigenvalue weighted by Gasteiger charge is 2.24. The molecular formula is C22H28FN5O2. The first kappa shape index (κ1) is 21.8. The van der Waals surface area contributed by atoms with E-state index in [-0.39, 0.29) is 23.1 Å². The quantitative estimate of drug-likeness (QED) is 0.760. The molecule has 8 heteroatoms. The number of nitrogens with one attached hydrogen (secondary N) is 2. The van der Waals surface area contributed by atoms with E-state index in [4.69, 9.17) is 0 Å². The molecular weight excluding hydrogens is 385 g/mol. The molecule has 1 aliphatic rings. The van der Waals surface area contributed by atoms with E-state index in [9.17, 15) is 14.0 Å². The number of likely N-dealkylation sites (tertiary alicyclic amines) is 1. The summed E-state index contributed by atoms with van der Waals surface area (Å²) in [5, 5.41) is 5.52. The molecule has 0 bridgehead atoms. The third-order valence-electron chi connectivity index (χ3n) is 5.09. The minimum atomic E-state index is -0.573. The Morgan fingerprint density at radius 2 is 1.90 bits per heavy atom. The van der Waals surface area contributed by atoms with Gasteiger partial charge in [-0.1, -0.05) is 0 Å². The Balaban J connectivity index is 1.59. The summed E-state index contributed by atoms with van der Waals surface area (Å²) in [4.78, 5) is 35.8. The normalized spacial score (nSPS) is 16.9. The van der Waals surface area contributed by atoms with Crippen molar-refractivity contribution in [2.45, 2.75) is 33.1 Å². The van der Waals surface area contributed by atoms with Crippen molar-refractivity contribution in [2.75, 3.05) is 32.0 Å². The highest BCUT2D eigenvalue weighted by molar-refractivity contribution is 5.97. The highest BCUT2D eigenvalue weighted by atomic mass is 19.1. The number of carbonyl (C=O) groups excluding carboxylic acids is 2. The van der Waals surface area contributed by atoms with Gasteiger partial charge in [0.1, 0.15) is 11.6 Å². The van der Waals surface area contributed by atoms with Crippen molar-refractivity contribution >= 4 is 17.5 Å². The molecule has 0 aliphatic carbocycles. The predicted octanol–water partition coefficient (Wildman–Crippen LogP) is 2.49. The summed E-state index contributed by atoms with van der Waals surface area (Å²) < 4.78 is 14.1. The molecule has 3 rings (SSSR count). The van der Waals surface area contributed by atoms with Gasteiger partial charge in [-0.2, -0.15) is 0 Å². The Hall–Kier alpha value is -2.87. The number of hydrogen-bond donors (Lipinski definition) is 2. The average molecular weight is 413 g/mol. The molecule has 0 saturated carbocycles. The van der Waals surface area contributed by atoms with E-state index in [0.717, 1.165) is 36.8 Å². The molecule has 1 aliphatic heterocycles. The predicted molar refractivity (Wildman–Crippen MR) is 113 cm³/mol. The molecule has 1 saturated heterocycles. The number of amides is 2. The van der Waals surface area contributed by atoms with Gasteiger partial charge in [-0.15, -0.1) is 0 Å². The van der Waals surface area contributed by atoms with E-state index < -0.39 is 11.7 Å². The van der Waals surface area contributed by atoms with Gasteiger partial charge in [0, 0.05) is 42.1 Å². The number of carbonyl (C=O) groups is 2. The van der Waals surface area contributed by atoms with E-state index in [0.29, 0.717) is 25.3 Å². The highest BCUT2D eigenvalue weighted by Crippen LogP contribution is 2.19. The molecule has 1 aromatic carbocycles. The first-order chi connectivity index (χ1) is 14.3. The lowest BCUT2D eigenvalue weighted by molar-refractivity contribution is -0.121. The van der Waals surface area contributed by atoms with Gasteiger partial charge in [-0.3, -0.25) is 9.59 Å². The van der Waals surface area contributed by atoms with Gasteiger partial charge in [0.15, 0.2) is 0 Å². The molecule has 0 radical (unpaired) electrons. The van der Waals surface area contributed by atoms with Crippen LogP contribution in [-0.2, 0) is 11.2 Å². The van der Waals surface area contributed by atoms with Crippen molar-refractivity contribution in [1.29, 1.82) is 0 Å². The molecule has 7 nitrogen and oxygen atoms in total. The van der Waals surface area contributed by atoms with Crippen LogP contribution in [0.25, 0.3) is 0 Å². The monoisotopic (exact) mass is 413 g/mol. The topological polar surface area (TPSA) is 87.2 Å². The molecule has 1 aromatic heterocycles. The van der Waals surface area contributed by atoms with E-state index in [1.807, 2.05) is 27.0 Å². The fourth-order valence-corrected chi connectivity index (χ4v) is 3.72. The molecule has 1 unspecified atom stereocenters. The number of rotatable bonds is 6. The molecule has 2 amide bonds. The van der Waals surface area contributed by atoms with Crippen LogP contribution in [0.1, 0.15) is 40.4 Å². The Bertz CT molecular complexity index is 913. The summed E-state index contributed by atoms with van der Waals surface area (Å²) in [6.07, 6.45) is 2.23. The Labute approximate surface area is 176 Å². The van der Waals surface area contributed by atoms with Crippen molar-refractivity contribution in [3.8, 4) is 0 Å². The minimum absolute atomic E-state index is 0.137. The van der Waals surface area contributed by atoms with Crippen LogP contribution >= 0.6 is 0 Å². The van der Waals surface area contributed by atoms with Crippen molar-refractivity contribution in [2.24, 2.45) is 5.92 Å². The summed E-state index contributed by atoms with van der Waals surface area (Å²) in [6, 6.07) is 5.77. The largest absolute Gasteiger partial charge is 0.352 e. The van der Waals surface area contributed by atoms with Gasteiger partial charge < -0.3 is 15.5 Å². The lowest BCUT2D eigenvalue weighted by atomic mass is 9.97. The standard InChI is InChI=1S/C22H28FN5O2/c1-14-9-15(2)26-20(25-14)6-7-24-21(29)17-10-18(23)12-19(11-17)27-22(30)16-5-4-8-28(3)13-16/h9-12,16H,4-8,13H2,1-3H3,(H,24,29)(H,27,30). The number of aryl methyl sites for hydroxylation is 2.